The van der Waals surface area contributed by atoms with E-state index < -0.39 is 0 Å². The van der Waals surface area contributed by atoms with E-state index >= 15 is 0 Å². The number of benzene rings is 2. The van der Waals surface area contributed by atoms with Crippen LogP contribution in [0, 0.1) is 13.8 Å². The van der Waals surface area contributed by atoms with Gasteiger partial charge in [-0.2, -0.15) is 0 Å². The molecule has 0 aliphatic carbocycles. The van der Waals surface area contributed by atoms with Crippen LogP contribution in [-0.4, -0.2) is 12.2 Å². The fourth-order valence-corrected chi connectivity index (χ4v) is 1.97. The Kier molecular flexibility index (Phi) is 3.05. The van der Waals surface area contributed by atoms with Crippen LogP contribution in [-0.2, 0) is 0 Å². The highest BCUT2D eigenvalue weighted by molar-refractivity contribution is 5.72. The van der Waals surface area contributed by atoms with Crippen molar-refractivity contribution in [2.75, 3.05) is 7.11 Å². The summed E-state index contributed by atoms with van der Waals surface area (Å²) in [7, 11) is 1.66. The predicted molar refractivity (Wildman–Crippen MR) is 69.6 cm³/mol. The van der Waals surface area contributed by atoms with Crippen molar-refractivity contribution in [2.24, 2.45) is 0 Å². The van der Waals surface area contributed by atoms with Crippen LogP contribution in [0.3, 0.4) is 0 Å². The Balaban J connectivity index is 2.62. The van der Waals surface area contributed by atoms with Crippen molar-refractivity contribution in [3.63, 3.8) is 0 Å². The summed E-state index contributed by atoms with van der Waals surface area (Å²) < 4.78 is 5.35. The van der Waals surface area contributed by atoms with Gasteiger partial charge in [0.25, 0.3) is 0 Å². The molecule has 0 bridgehead atoms. The molecule has 0 amide bonds. The highest BCUT2D eigenvalue weighted by Gasteiger charge is 2.07. The Morgan fingerprint density at radius 3 is 2.35 bits per heavy atom. The summed E-state index contributed by atoms with van der Waals surface area (Å²) in [6.45, 7) is 4.00. The zero-order valence-corrected chi connectivity index (χ0v) is 10.3. The van der Waals surface area contributed by atoms with Gasteiger partial charge in [-0.15, -0.1) is 0 Å². The number of rotatable bonds is 2. The lowest BCUT2D eigenvalue weighted by atomic mass is 10.0. The molecule has 1 N–H and O–H groups in total. The third kappa shape index (κ3) is 2.41. The van der Waals surface area contributed by atoms with Crippen molar-refractivity contribution in [1.82, 2.24) is 0 Å². The van der Waals surface area contributed by atoms with E-state index in [0.29, 0.717) is 0 Å². The Labute approximate surface area is 101 Å². The number of phenols is 1. The molecule has 17 heavy (non-hydrogen) atoms. The molecular weight excluding hydrogens is 212 g/mol. The van der Waals surface area contributed by atoms with E-state index in [1.54, 1.807) is 19.2 Å². The molecule has 0 heterocycles. The first-order valence-electron chi connectivity index (χ1n) is 5.56. The minimum atomic E-state index is 0.281. The molecule has 0 radical (unpaired) electrons. The Morgan fingerprint density at radius 1 is 0.941 bits per heavy atom. The normalized spacial score (nSPS) is 10.3. The van der Waals surface area contributed by atoms with Crippen LogP contribution in [0.5, 0.6) is 11.5 Å². The molecule has 0 aliphatic heterocycles. The monoisotopic (exact) mass is 228 g/mol. The van der Waals surface area contributed by atoms with E-state index in [4.69, 9.17) is 4.74 Å². The Bertz CT molecular complexity index is 524. The maximum Gasteiger partial charge on any atom is 0.126 e. The van der Waals surface area contributed by atoms with Crippen molar-refractivity contribution < 1.29 is 9.84 Å². The fraction of sp³-hybridized carbons (Fsp3) is 0.200. The fourth-order valence-electron chi connectivity index (χ4n) is 1.97. The van der Waals surface area contributed by atoms with Crippen LogP contribution >= 0.6 is 0 Å². The zero-order valence-electron chi connectivity index (χ0n) is 10.3. The van der Waals surface area contributed by atoms with Gasteiger partial charge in [0.2, 0.25) is 0 Å². The van der Waals surface area contributed by atoms with Crippen LogP contribution in [0.25, 0.3) is 11.1 Å². The third-order valence-corrected chi connectivity index (χ3v) is 2.73. The highest BCUT2D eigenvalue weighted by atomic mass is 16.5. The number of phenolic OH excluding ortho intramolecular Hbond substituents is 1. The van der Waals surface area contributed by atoms with Crippen molar-refractivity contribution in [3.8, 4) is 22.6 Å². The summed E-state index contributed by atoms with van der Waals surface area (Å²) in [5.41, 5.74) is 4.18. The molecular formula is C15H16O2. The Morgan fingerprint density at radius 2 is 1.71 bits per heavy atom. The molecule has 88 valence electrons. The molecule has 0 fully saturated rings. The average molecular weight is 228 g/mol. The van der Waals surface area contributed by atoms with Gasteiger partial charge in [-0.1, -0.05) is 17.7 Å². The van der Waals surface area contributed by atoms with Crippen LogP contribution < -0.4 is 4.74 Å². The van der Waals surface area contributed by atoms with Crippen molar-refractivity contribution >= 4 is 0 Å². The first-order chi connectivity index (χ1) is 8.10. The van der Waals surface area contributed by atoms with Gasteiger partial charge in [0, 0.05) is 5.56 Å². The summed E-state index contributed by atoms with van der Waals surface area (Å²) in [6.07, 6.45) is 0. The third-order valence-electron chi connectivity index (χ3n) is 2.73. The van der Waals surface area contributed by atoms with E-state index in [1.165, 1.54) is 5.56 Å². The standard InChI is InChI=1S/C15H16O2/c1-10-4-5-15(17-3)14(8-10)12-6-11(2)7-13(16)9-12/h4-9,16H,1-3H3. The van der Waals surface area contributed by atoms with Crippen molar-refractivity contribution in [3.05, 3.63) is 47.5 Å². The zero-order chi connectivity index (χ0) is 12.4. The van der Waals surface area contributed by atoms with Crippen LogP contribution in [0.4, 0.5) is 0 Å². The van der Waals surface area contributed by atoms with E-state index in [1.807, 2.05) is 32.0 Å². The molecule has 0 spiro atoms. The minimum Gasteiger partial charge on any atom is -0.508 e. The Hall–Kier alpha value is -1.96. The second kappa shape index (κ2) is 4.50. The number of hydrogen-bond acceptors (Lipinski definition) is 2. The van der Waals surface area contributed by atoms with Gasteiger partial charge in [0.05, 0.1) is 7.11 Å². The first-order valence-corrected chi connectivity index (χ1v) is 5.56. The SMILES string of the molecule is COc1ccc(C)cc1-c1cc(C)cc(O)c1. The van der Waals surface area contributed by atoms with E-state index in [2.05, 4.69) is 6.07 Å². The molecule has 2 heteroatoms. The summed E-state index contributed by atoms with van der Waals surface area (Å²) >= 11 is 0. The molecule has 0 aromatic heterocycles. The quantitative estimate of drug-likeness (QED) is 0.849. The lowest BCUT2D eigenvalue weighted by Gasteiger charge is -2.10. The predicted octanol–water partition coefficient (Wildman–Crippen LogP) is 3.68. The van der Waals surface area contributed by atoms with E-state index in [0.717, 1.165) is 22.4 Å². The van der Waals surface area contributed by atoms with E-state index in [9.17, 15) is 5.11 Å². The van der Waals surface area contributed by atoms with Gasteiger partial charge < -0.3 is 9.84 Å². The number of hydrogen-bond donors (Lipinski definition) is 1. The number of methoxy groups -OCH3 is 1. The number of aryl methyl sites for hydroxylation is 2. The summed E-state index contributed by atoms with van der Waals surface area (Å²) in [6, 6.07) is 11.6. The van der Waals surface area contributed by atoms with Gasteiger partial charge in [-0.25, -0.2) is 0 Å². The molecule has 0 aliphatic rings. The molecule has 2 aromatic rings. The molecule has 0 saturated carbocycles. The summed E-state index contributed by atoms with van der Waals surface area (Å²) in [5.74, 6) is 1.10. The molecule has 2 nitrogen and oxygen atoms in total. The molecule has 2 aromatic carbocycles. The minimum absolute atomic E-state index is 0.281. The molecule has 0 atom stereocenters. The van der Waals surface area contributed by atoms with Gasteiger partial charge in [-0.05, 0) is 49.2 Å². The van der Waals surface area contributed by atoms with Gasteiger partial charge in [-0.3, -0.25) is 0 Å². The lowest BCUT2D eigenvalue weighted by molar-refractivity contribution is 0.416. The lowest BCUT2D eigenvalue weighted by Crippen LogP contribution is -1.89. The smallest absolute Gasteiger partial charge is 0.126 e. The van der Waals surface area contributed by atoms with Crippen LogP contribution in [0.15, 0.2) is 36.4 Å². The molecule has 2 rings (SSSR count). The van der Waals surface area contributed by atoms with Crippen LogP contribution in [0.1, 0.15) is 11.1 Å². The van der Waals surface area contributed by atoms with Crippen LogP contribution in [0.2, 0.25) is 0 Å². The maximum atomic E-state index is 9.65. The number of aromatic hydroxyl groups is 1. The van der Waals surface area contributed by atoms with E-state index in [-0.39, 0.29) is 5.75 Å². The number of ether oxygens (including phenoxy) is 1. The molecule has 0 saturated heterocycles. The van der Waals surface area contributed by atoms with Gasteiger partial charge >= 0.3 is 0 Å². The largest absolute Gasteiger partial charge is 0.508 e. The van der Waals surface area contributed by atoms with Crippen molar-refractivity contribution in [1.29, 1.82) is 0 Å². The van der Waals surface area contributed by atoms with Gasteiger partial charge in [0.1, 0.15) is 11.5 Å². The summed E-state index contributed by atoms with van der Waals surface area (Å²) in [5, 5.41) is 9.65. The second-order valence-corrected chi connectivity index (χ2v) is 4.26. The topological polar surface area (TPSA) is 29.5 Å². The summed E-state index contributed by atoms with van der Waals surface area (Å²) in [4.78, 5) is 0. The maximum absolute atomic E-state index is 9.65. The second-order valence-electron chi connectivity index (χ2n) is 4.26. The first kappa shape index (κ1) is 11.5. The average Bonchev–Trinajstić information content (AvgIpc) is 2.27. The highest BCUT2D eigenvalue weighted by Crippen LogP contribution is 2.33. The van der Waals surface area contributed by atoms with Gasteiger partial charge in [0.15, 0.2) is 0 Å². The molecule has 0 unspecified atom stereocenters. The van der Waals surface area contributed by atoms with Crippen molar-refractivity contribution in [2.45, 2.75) is 13.8 Å².